The number of piperazine rings is 1. The molecule has 8 nitrogen and oxygen atoms in total. The van der Waals surface area contributed by atoms with E-state index in [4.69, 9.17) is 10.5 Å². The van der Waals surface area contributed by atoms with E-state index >= 15 is 0 Å². The summed E-state index contributed by atoms with van der Waals surface area (Å²) in [7, 11) is 1.91. The van der Waals surface area contributed by atoms with Gasteiger partial charge in [-0.3, -0.25) is 14.6 Å². The fraction of sp³-hybridized carbons (Fsp3) is 0.857. The fourth-order valence-corrected chi connectivity index (χ4v) is 3.05. The number of carbonyl (C=O) groups excluding carboxylic acids is 2. The molecule has 2 fully saturated rings. The summed E-state index contributed by atoms with van der Waals surface area (Å²) in [4.78, 5) is 28.5. The summed E-state index contributed by atoms with van der Waals surface area (Å²) < 4.78 is 5.40. The van der Waals surface area contributed by atoms with Gasteiger partial charge in [0.15, 0.2) is 0 Å². The molecule has 126 valence electrons. The number of hydrogen-bond acceptors (Lipinski definition) is 6. The van der Waals surface area contributed by atoms with E-state index in [0.717, 1.165) is 0 Å². The maximum absolute atomic E-state index is 12.2. The summed E-state index contributed by atoms with van der Waals surface area (Å²) >= 11 is 0. The van der Waals surface area contributed by atoms with Crippen LogP contribution in [0.4, 0.5) is 4.79 Å². The van der Waals surface area contributed by atoms with Crippen molar-refractivity contribution in [2.45, 2.75) is 38.1 Å². The minimum atomic E-state index is -0.824. The van der Waals surface area contributed by atoms with Crippen LogP contribution < -0.4 is 5.73 Å². The van der Waals surface area contributed by atoms with Gasteiger partial charge in [-0.15, -0.1) is 0 Å². The van der Waals surface area contributed by atoms with Crippen LogP contribution in [0, 0.1) is 0 Å². The molecule has 3 N–H and O–H groups in total. The molecular weight excluding hydrogens is 288 g/mol. The zero-order chi connectivity index (χ0) is 16.7. The predicted octanol–water partition coefficient (Wildman–Crippen LogP) is -0.973. The number of nitrogens with two attached hydrogens (primary N) is 1. The standard InChI is InChI=1S/C14H26N4O4/c1-13(2,3)22-12(21)17-6-5-16(4)14(8-17)9-18(11(14)20)7-10(15)19/h11,20H,5-9H2,1-4H3,(H2,15,19). The molecule has 22 heavy (non-hydrogen) atoms. The summed E-state index contributed by atoms with van der Waals surface area (Å²) in [5, 5.41) is 10.4. The minimum absolute atomic E-state index is 0.0171. The van der Waals surface area contributed by atoms with Crippen molar-refractivity contribution >= 4 is 12.0 Å². The van der Waals surface area contributed by atoms with Gasteiger partial charge in [-0.2, -0.15) is 0 Å². The SMILES string of the molecule is CN1CCN(C(=O)OC(C)(C)C)CC12CN(CC(N)=O)C2O. The van der Waals surface area contributed by atoms with Crippen LogP contribution in [0.25, 0.3) is 0 Å². The molecule has 0 aromatic heterocycles. The average Bonchev–Trinajstić information content (AvgIpc) is 2.37. The number of likely N-dealkylation sites (tertiary alicyclic amines) is 1. The van der Waals surface area contributed by atoms with Crippen molar-refractivity contribution in [3.63, 3.8) is 0 Å². The number of ether oxygens (including phenoxy) is 1. The fourth-order valence-electron chi connectivity index (χ4n) is 3.05. The Balaban J connectivity index is 2.04. The largest absolute Gasteiger partial charge is 0.444 e. The van der Waals surface area contributed by atoms with Crippen molar-refractivity contribution < 1.29 is 19.4 Å². The molecule has 0 aliphatic carbocycles. The van der Waals surface area contributed by atoms with Gasteiger partial charge >= 0.3 is 6.09 Å². The maximum Gasteiger partial charge on any atom is 0.410 e. The number of primary amides is 1. The predicted molar refractivity (Wildman–Crippen MR) is 79.9 cm³/mol. The molecule has 0 saturated carbocycles. The van der Waals surface area contributed by atoms with E-state index in [-0.39, 0.29) is 12.6 Å². The molecule has 2 rings (SSSR count). The second-order valence-electron chi connectivity index (χ2n) is 7.17. The van der Waals surface area contributed by atoms with Crippen molar-refractivity contribution in [1.29, 1.82) is 0 Å². The first kappa shape index (κ1) is 17.0. The number of carbonyl (C=O) groups is 2. The van der Waals surface area contributed by atoms with Crippen molar-refractivity contribution in [1.82, 2.24) is 14.7 Å². The van der Waals surface area contributed by atoms with E-state index < -0.39 is 23.3 Å². The first-order valence-electron chi connectivity index (χ1n) is 7.45. The van der Waals surface area contributed by atoms with E-state index in [2.05, 4.69) is 0 Å². The summed E-state index contributed by atoms with van der Waals surface area (Å²) in [5.41, 5.74) is 4.06. The van der Waals surface area contributed by atoms with Gasteiger partial charge < -0.3 is 20.5 Å². The van der Waals surface area contributed by atoms with Crippen LogP contribution in [0.1, 0.15) is 20.8 Å². The summed E-state index contributed by atoms with van der Waals surface area (Å²) in [6.45, 7) is 7.54. The molecule has 2 aliphatic heterocycles. The molecule has 2 amide bonds. The number of aliphatic hydroxyl groups is 1. The average molecular weight is 314 g/mol. The van der Waals surface area contributed by atoms with Crippen molar-refractivity contribution in [3.8, 4) is 0 Å². The van der Waals surface area contributed by atoms with E-state index in [1.165, 1.54) is 0 Å². The van der Waals surface area contributed by atoms with Gasteiger partial charge in [-0.05, 0) is 27.8 Å². The third-order valence-electron chi connectivity index (χ3n) is 4.24. The molecule has 0 aromatic rings. The molecule has 0 aromatic carbocycles. The van der Waals surface area contributed by atoms with Gasteiger partial charge in [0.1, 0.15) is 11.8 Å². The molecule has 2 unspecified atom stereocenters. The number of nitrogens with zero attached hydrogens (tertiary/aromatic N) is 3. The zero-order valence-electron chi connectivity index (χ0n) is 13.7. The van der Waals surface area contributed by atoms with Gasteiger partial charge in [0, 0.05) is 26.2 Å². The van der Waals surface area contributed by atoms with Crippen molar-refractivity contribution in [2.75, 3.05) is 39.8 Å². The molecule has 2 heterocycles. The van der Waals surface area contributed by atoms with Crippen molar-refractivity contribution in [2.24, 2.45) is 5.73 Å². The molecule has 1 spiro atoms. The van der Waals surface area contributed by atoms with Crippen LogP contribution in [0.2, 0.25) is 0 Å². The lowest BCUT2D eigenvalue weighted by atomic mass is 9.83. The Morgan fingerprint density at radius 2 is 1.95 bits per heavy atom. The van der Waals surface area contributed by atoms with Crippen LogP contribution >= 0.6 is 0 Å². The summed E-state index contributed by atoms with van der Waals surface area (Å²) in [6, 6.07) is 0. The monoisotopic (exact) mass is 314 g/mol. The van der Waals surface area contributed by atoms with Gasteiger partial charge in [0.05, 0.1) is 12.1 Å². The first-order valence-corrected chi connectivity index (χ1v) is 7.45. The Labute approximate surface area is 130 Å². The van der Waals surface area contributed by atoms with E-state index in [1.54, 1.807) is 9.80 Å². The van der Waals surface area contributed by atoms with E-state index in [0.29, 0.717) is 26.2 Å². The van der Waals surface area contributed by atoms with Crippen LogP contribution in [0.3, 0.4) is 0 Å². The number of rotatable bonds is 2. The van der Waals surface area contributed by atoms with Crippen molar-refractivity contribution in [3.05, 3.63) is 0 Å². The highest BCUT2D eigenvalue weighted by atomic mass is 16.6. The highest BCUT2D eigenvalue weighted by Gasteiger charge is 2.57. The molecule has 0 radical (unpaired) electrons. The third-order valence-corrected chi connectivity index (χ3v) is 4.24. The number of hydrogen-bond donors (Lipinski definition) is 2. The molecule has 8 heteroatoms. The van der Waals surface area contributed by atoms with Crippen LogP contribution in [0.5, 0.6) is 0 Å². The zero-order valence-corrected chi connectivity index (χ0v) is 13.7. The summed E-state index contributed by atoms with van der Waals surface area (Å²) in [6.07, 6.45) is -1.20. The lowest BCUT2D eigenvalue weighted by Gasteiger charge is -2.61. The second kappa shape index (κ2) is 5.68. The van der Waals surface area contributed by atoms with E-state index in [1.807, 2.05) is 32.7 Å². The highest BCUT2D eigenvalue weighted by molar-refractivity contribution is 5.76. The van der Waals surface area contributed by atoms with Crippen LogP contribution in [-0.4, -0.2) is 88.9 Å². The van der Waals surface area contributed by atoms with Gasteiger partial charge in [0.25, 0.3) is 0 Å². The lowest BCUT2D eigenvalue weighted by molar-refractivity contribution is -0.218. The molecular formula is C14H26N4O4. The Morgan fingerprint density at radius 3 is 2.45 bits per heavy atom. The Bertz CT molecular complexity index is 464. The number of likely N-dealkylation sites (N-methyl/N-ethyl adjacent to an activating group) is 1. The van der Waals surface area contributed by atoms with Crippen LogP contribution in [-0.2, 0) is 9.53 Å². The Kier molecular flexibility index (Phi) is 4.38. The van der Waals surface area contributed by atoms with Gasteiger partial charge in [-0.25, -0.2) is 4.79 Å². The number of aliphatic hydroxyl groups excluding tert-OH is 1. The number of amides is 2. The molecule has 0 bridgehead atoms. The molecule has 2 saturated heterocycles. The molecule has 2 aliphatic rings. The topological polar surface area (TPSA) is 99.3 Å². The molecule has 2 atom stereocenters. The highest BCUT2D eigenvalue weighted by Crippen LogP contribution is 2.35. The third kappa shape index (κ3) is 3.18. The van der Waals surface area contributed by atoms with Gasteiger partial charge in [0.2, 0.25) is 5.91 Å². The first-order chi connectivity index (χ1) is 10.0. The second-order valence-corrected chi connectivity index (χ2v) is 7.17. The van der Waals surface area contributed by atoms with E-state index in [9.17, 15) is 14.7 Å². The Hall–Kier alpha value is -1.38. The Morgan fingerprint density at radius 1 is 1.32 bits per heavy atom. The normalized spacial score (nSPS) is 30.2. The summed E-state index contributed by atoms with van der Waals surface area (Å²) in [5.74, 6) is -0.476. The van der Waals surface area contributed by atoms with Crippen LogP contribution in [0.15, 0.2) is 0 Å². The lowest BCUT2D eigenvalue weighted by Crippen LogP contribution is -2.82. The quantitative estimate of drug-likeness (QED) is 0.680. The minimum Gasteiger partial charge on any atom is -0.444 e. The van der Waals surface area contributed by atoms with Gasteiger partial charge in [-0.1, -0.05) is 0 Å². The smallest absolute Gasteiger partial charge is 0.410 e. The maximum atomic E-state index is 12.2.